The van der Waals surface area contributed by atoms with Gasteiger partial charge in [-0.15, -0.1) is 0 Å². The van der Waals surface area contributed by atoms with Crippen molar-refractivity contribution in [2.24, 2.45) is 0 Å². The van der Waals surface area contributed by atoms with E-state index in [1.54, 1.807) is 0 Å². The average molecular weight is 154 g/mol. The largest absolute Gasteiger partial charge is 0.314 e. The number of nitrogens with zero attached hydrogens (tertiary/aromatic N) is 1. The van der Waals surface area contributed by atoms with Crippen LogP contribution in [0.1, 0.15) is 26.7 Å². The summed E-state index contributed by atoms with van der Waals surface area (Å²) in [6.07, 6.45) is 2.74. The highest BCUT2D eigenvalue weighted by atomic mass is 15.3. The summed E-state index contributed by atoms with van der Waals surface area (Å²) in [7, 11) is 0. The molecule has 0 aliphatic carbocycles. The van der Waals surface area contributed by atoms with Crippen molar-refractivity contribution in [2.75, 3.05) is 13.1 Å². The molecule has 0 saturated carbocycles. The number of nitrogens with one attached hydrogen (secondary N) is 1. The predicted molar refractivity (Wildman–Crippen MR) is 46.7 cm³/mol. The molecule has 64 valence electrons. The molecule has 3 heterocycles. The molecule has 2 bridgehead atoms. The topological polar surface area (TPSA) is 15.3 Å². The zero-order valence-corrected chi connectivity index (χ0v) is 7.51. The second kappa shape index (κ2) is 2.76. The number of rotatable bonds is 2. The molecule has 3 unspecified atom stereocenters. The maximum absolute atomic E-state index is 3.45. The van der Waals surface area contributed by atoms with E-state index in [1.807, 2.05) is 0 Å². The van der Waals surface area contributed by atoms with Gasteiger partial charge in [0, 0.05) is 31.2 Å². The summed E-state index contributed by atoms with van der Waals surface area (Å²) in [5, 5.41) is 3.45. The Morgan fingerprint density at radius 3 is 2.55 bits per heavy atom. The monoisotopic (exact) mass is 154 g/mol. The zero-order valence-electron chi connectivity index (χ0n) is 7.51. The van der Waals surface area contributed by atoms with E-state index in [9.17, 15) is 0 Å². The molecule has 0 aromatic rings. The van der Waals surface area contributed by atoms with Crippen LogP contribution >= 0.6 is 0 Å². The first kappa shape index (κ1) is 7.56. The molecular weight excluding hydrogens is 136 g/mol. The highest BCUT2D eigenvalue weighted by Crippen LogP contribution is 2.31. The van der Waals surface area contributed by atoms with Crippen molar-refractivity contribution in [1.29, 1.82) is 0 Å². The Morgan fingerprint density at radius 1 is 1.45 bits per heavy atom. The van der Waals surface area contributed by atoms with Gasteiger partial charge in [0.2, 0.25) is 0 Å². The fraction of sp³-hybridized carbons (Fsp3) is 1.00. The van der Waals surface area contributed by atoms with E-state index in [0.29, 0.717) is 0 Å². The quantitative estimate of drug-likeness (QED) is 0.634. The van der Waals surface area contributed by atoms with Gasteiger partial charge in [-0.05, 0) is 19.8 Å². The van der Waals surface area contributed by atoms with Crippen molar-refractivity contribution in [3.05, 3.63) is 0 Å². The first-order valence-corrected chi connectivity index (χ1v) is 4.81. The summed E-state index contributed by atoms with van der Waals surface area (Å²) in [5.74, 6) is 0. The van der Waals surface area contributed by atoms with Crippen LogP contribution in [0, 0.1) is 0 Å². The third-order valence-electron chi connectivity index (χ3n) is 3.25. The van der Waals surface area contributed by atoms with Gasteiger partial charge in [-0.25, -0.2) is 0 Å². The molecule has 0 aromatic carbocycles. The van der Waals surface area contributed by atoms with Gasteiger partial charge in [0.05, 0.1) is 0 Å². The first-order valence-electron chi connectivity index (χ1n) is 4.81. The third-order valence-corrected chi connectivity index (χ3v) is 3.25. The Bertz CT molecular complexity index is 130. The van der Waals surface area contributed by atoms with Crippen LogP contribution in [0.25, 0.3) is 0 Å². The Labute approximate surface area is 69.0 Å². The zero-order chi connectivity index (χ0) is 7.84. The van der Waals surface area contributed by atoms with Gasteiger partial charge in [0.25, 0.3) is 0 Å². The van der Waals surface area contributed by atoms with Crippen LogP contribution in [0.3, 0.4) is 0 Å². The van der Waals surface area contributed by atoms with Crippen LogP contribution in [0.5, 0.6) is 0 Å². The molecule has 0 aromatic heterocycles. The maximum atomic E-state index is 3.45. The summed E-state index contributed by atoms with van der Waals surface area (Å²) < 4.78 is 0. The van der Waals surface area contributed by atoms with Gasteiger partial charge in [-0.3, -0.25) is 4.90 Å². The van der Waals surface area contributed by atoms with Crippen LogP contribution in [-0.4, -0.2) is 36.1 Å². The fourth-order valence-electron chi connectivity index (χ4n) is 2.44. The molecule has 3 saturated heterocycles. The van der Waals surface area contributed by atoms with Gasteiger partial charge in [0.15, 0.2) is 0 Å². The van der Waals surface area contributed by atoms with Crippen molar-refractivity contribution in [1.82, 2.24) is 10.2 Å². The van der Waals surface area contributed by atoms with E-state index < -0.39 is 0 Å². The Balaban J connectivity index is 1.95. The lowest BCUT2D eigenvalue weighted by Crippen LogP contribution is -2.69. The molecule has 2 heteroatoms. The van der Waals surface area contributed by atoms with E-state index in [1.165, 1.54) is 25.9 Å². The van der Waals surface area contributed by atoms with Crippen molar-refractivity contribution in [2.45, 2.75) is 44.8 Å². The van der Waals surface area contributed by atoms with Crippen molar-refractivity contribution in [3.8, 4) is 0 Å². The third kappa shape index (κ3) is 1.09. The fourth-order valence-corrected chi connectivity index (χ4v) is 2.44. The number of fused-ring (bicyclic) bond motifs is 2. The molecule has 3 atom stereocenters. The van der Waals surface area contributed by atoms with Gasteiger partial charge < -0.3 is 5.32 Å². The SMILES string of the molecule is CCC(C)N1C2CNCC1C2. The maximum Gasteiger partial charge on any atom is 0.0242 e. The number of hydrogen-bond donors (Lipinski definition) is 1. The molecule has 11 heavy (non-hydrogen) atoms. The molecule has 3 fully saturated rings. The minimum Gasteiger partial charge on any atom is -0.314 e. The number of piperazine rings is 1. The summed E-state index contributed by atoms with van der Waals surface area (Å²) in [6, 6.07) is 2.54. The van der Waals surface area contributed by atoms with Crippen LogP contribution in [0.2, 0.25) is 0 Å². The normalized spacial score (nSPS) is 39.8. The van der Waals surface area contributed by atoms with E-state index in [2.05, 4.69) is 24.1 Å². The van der Waals surface area contributed by atoms with Crippen molar-refractivity contribution < 1.29 is 0 Å². The minimum atomic E-state index is 0.806. The number of piperidine rings is 1. The van der Waals surface area contributed by atoms with Crippen LogP contribution in [0.15, 0.2) is 0 Å². The molecule has 3 aliphatic rings. The summed E-state index contributed by atoms with van der Waals surface area (Å²) in [4.78, 5) is 2.69. The highest BCUT2D eigenvalue weighted by molar-refractivity contribution is 5.01. The molecule has 3 rings (SSSR count). The molecule has 0 spiro atoms. The highest BCUT2D eigenvalue weighted by Gasteiger charge is 2.42. The predicted octanol–water partition coefficient (Wildman–Crippen LogP) is 0.831. The van der Waals surface area contributed by atoms with E-state index in [-0.39, 0.29) is 0 Å². The molecule has 3 aliphatic heterocycles. The Hall–Kier alpha value is -0.0800. The smallest absolute Gasteiger partial charge is 0.0242 e. The van der Waals surface area contributed by atoms with Crippen LogP contribution in [-0.2, 0) is 0 Å². The minimum absolute atomic E-state index is 0.806. The van der Waals surface area contributed by atoms with E-state index >= 15 is 0 Å². The summed E-state index contributed by atoms with van der Waals surface area (Å²) in [5.41, 5.74) is 0. The molecular formula is C9H18N2. The molecule has 1 N–H and O–H groups in total. The molecule has 2 nitrogen and oxygen atoms in total. The summed E-state index contributed by atoms with van der Waals surface area (Å²) >= 11 is 0. The Kier molecular flexibility index (Phi) is 1.90. The summed E-state index contributed by atoms with van der Waals surface area (Å²) in [6.45, 7) is 7.08. The molecule has 0 radical (unpaired) electrons. The van der Waals surface area contributed by atoms with E-state index in [4.69, 9.17) is 0 Å². The van der Waals surface area contributed by atoms with Crippen LogP contribution in [0.4, 0.5) is 0 Å². The lowest BCUT2D eigenvalue weighted by atomic mass is 9.86. The van der Waals surface area contributed by atoms with Gasteiger partial charge in [0.1, 0.15) is 0 Å². The van der Waals surface area contributed by atoms with Crippen molar-refractivity contribution >= 4 is 0 Å². The van der Waals surface area contributed by atoms with Crippen LogP contribution < -0.4 is 5.32 Å². The van der Waals surface area contributed by atoms with Gasteiger partial charge in [-0.1, -0.05) is 6.92 Å². The van der Waals surface area contributed by atoms with Gasteiger partial charge in [-0.2, -0.15) is 0 Å². The second-order valence-corrected chi connectivity index (χ2v) is 3.91. The van der Waals surface area contributed by atoms with E-state index in [0.717, 1.165) is 18.1 Å². The second-order valence-electron chi connectivity index (χ2n) is 3.91. The Morgan fingerprint density at radius 2 is 2.09 bits per heavy atom. The standard InChI is InChI=1S/C9H18N2/c1-3-7(2)11-8-4-9(11)6-10-5-8/h7-10H,3-6H2,1-2H3. The lowest BCUT2D eigenvalue weighted by molar-refractivity contribution is -0.0446. The van der Waals surface area contributed by atoms with Gasteiger partial charge >= 0.3 is 0 Å². The first-order chi connectivity index (χ1) is 5.33. The average Bonchev–Trinajstić information content (AvgIpc) is 2.05. The van der Waals surface area contributed by atoms with Crippen molar-refractivity contribution in [3.63, 3.8) is 0 Å². The number of hydrogen-bond acceptors (Lipinski definition) is 2. The molecule has 0 amide bonds. The lowest BCUT2D eigenvalue weighted by Gasteiger charge is -2.55.